The minimum absolute atomic E-state index is 0.554. The summed E-state index contributed by atoms with van der Waals surface area (Å²) in [6.07, 6.45) is -2.87. The molecular formula is C6H11NO8S. The largest absolute Gasteiger partial charge is 0.481 e. The maximum atomic E-state index is 10.3. The molecule has 0 unspecified atom stereocenters. The van der Waals surface area contributed by atoms with E-state index in [1.807, 2.05) is 0 Å². The molecule has 0 radical (unpaired) electrons. The minimum Gasteiger partial charge on any atom is -0.481 e. The smallest absolute Gasteiger partial charge is 0.397 e. The van der Waals surface area contributed by atoms with E-state index >= 15 is 0 Å². The van der Waals surface area contributed by atoms with Crippen LogP contribution in [0.5, 0.6) is 0 Å². The fourth-order valence-electron chi connectivity index (χ4n) is 0.907. The number of rotatable bonds is 7. The molecule has 94 valence electrons. The molecule has 0 saturated carbocycles. The highest BCUT2D eigenvalue weighted by atomic mass is 32.3. The monoisotopic (exact) mass is 257 g/mol. The zero-order valence-electron chi connectivity index (χ0n) is 7.94. The first kappa shape index (κ1) is 14.8. The topological polar surface area (TPSA) is 164 Å². The van der Waals surface area contributed by atoms with E-state index < -0.39 is 47.3 Å². The van der Waals surface area contributed by atoms with Crippen molar-refractivity contribution < 1.29 is 37.0 Å². The lowest BCUT2D eigenvalue weighted by atomic mass is 10.1. The van der Waals surface area contributed by atoms with Gasteiger partial charge in [-0.1, -0.05) is 0 Å². The van der Waals surface area contributed by atoms with Gasteiger partial charge in [0.1, 0.15) is 6.04 Å². The van der Waals surface area contributed by atoms with E-state index in [2.05, 4.69) is 4.18 Å². The molecule has 9 nitrogen and oxygen atoms in total. The van der Waals surface area contributed by atoms with Gasteiger partial charge in [0.05, 0.1) is 12.5 Å². The van der Waals surface area contributed by atoms with Crippen molar-refractivity contribution in [1.82, 2.24) is 0 Å². The van der Waals surface area contributed by atoms with Gasteiger partial charge in [-0.25, -0.2) is 4.18 Å². The number of nitrogens with two attached hydrogens (primary N) is 1. The van der Waals surface area contributed by atoms with Crippen molar-refractivity contribution >= 4 is 22.3 Å². The molecule has 0 aromatic rings. The second-order valence-electron chi connectivity index (χ2n) is 2.92. The number of carbonyl (C=O) groups is 2. The summed E-state index contributed by atoms with van der Waals surface area (Å²) in [5, 5.41) is 16.8. The summed E-state index contributed by atoms with van der Waals surface area (Å²) in [6.45, 7) is 0. The summed E-state index contributed by atoms with van der Waals surface area (Å²) in [6, 6.07) is -1.48. The van der Waals surface area contributed by atoms with Crippen LogP contribution >= 0.6 is 0 Å². The zero-order chi connectivity index (χ0) is 12.9. The average Bonchev–Trinajstić information content (AvgIpc) is 1.98. The second-order valence-corrected chi connectivity index (χ2v) is 3.97. The van der Waals surface area contributed by atoms with Gasteiger partial charge in [-0.3, -0.25) is 14.1 Å². The number of carboxylic acid groups (broad SMARTS) is 2. The highest BCUT2D eigenvalue weighted by Gasteiger charge is 2.25. The lowest BCUT2D eigenvalue weighted by Crippen LogP contribution is -2.36. The van der Waals surface area contributed by atoms with Gasteiger partial charge >= 0.3 is 22.3 Å². The molecule has 0 saturated heterocycles. The Balaban J connectivity index is 4.55. The summed E-state index contributed by atoms with van der Waals surface area (Å²) in [7, 11) is -4.85. The predicted octanol–water partition coefficient (Wildman–Crippen LogP) is -1.55. The van der Waals surface area contributed by atoms with Crippen LogP contribution in [0.25, 0.3) is 0 Å². The third-order valence-corrected chi connectivity index (χ3v) is 2.01. The fourth-order valence-corrected chi connectivity index (χ4v) is 1.40. The third-order valence-electron chi connectivity index (χ3n) is 1.49. The van der Waals surface area contributed by atoms with Crippen molar-refractivity contribution in [3.8, 4) is 0 Å². The van der Waals surface area contributed by atoms with E-state index in [1.165, 1.54) is 0 Å². The molecule has 0 heterocycles. The van der Waals surface area contributed by atoms with Crippen LogP contribution in [-0.2, 0) is 24.2 Å². The second kappa shape index (κ2) is 5.75. The molecule has 0 rings (SSSR count). The van der Waals surface area contributed by atoms with E-state index in [0.717, 1.165) is 0 Å². The van der Waals surface area contributed by atoms with Crippen LogP contribution in [0.2, 0.25) is 0 Å². The number of hydrogen-bond acceptors (Lipinski definition) is 6. The summed E-state index contributed by atoms with van der Waals surface area (Å²) < 4.78 is 32.9. The zero-order valence-corrected chi connectivity index (χ0v) is 8.75. The minimum atomic E-state index is -4.85. The van der Waals surface area contributed by atoms with Crippen molar-refractivity contribution in [3.63, 3.8) is 0 Å². The molecule has 0 aliphatic carbocycles. The van der Waals surface area contributed by atoms with Crippen LogP contribution in [0, 0.1) is 0 Å². The van der Waals surface area contributed by atoms with Gasteiger partial charge in [0.2, 0.25) is 0 Å². The van der Waals surface area contributed by atoms with Gasteiger partial charge in [0, 0.05) is 6.42 Å². The highest BCUT2D eigenvalue weighted by Crippen LogP contribution is 2.09. The van der Waals surface area contributed by atoms with Gasteiger partial charge < -0.3 is 15.9 Å². The van der Waals surface area contributed by atoms with Crippen LogP contribution in [0.3, 0.4) is 0 Å². The molecule has 0 spiro atoms. The molecule has 10 heteroatoms. The Morgan fingerprint density at radius 3 is 2.12 bits per heavy atom. The van der Waals surface area contributed by atoms with Crippen LogP contribution in [0.15, 0.2) is 0 Å². The van der Waals surface area contributed by atoms with Crippen molar-refractivity contribution in [3.05, 3.63) is 0 Å². The third kappa shape index (κ3) is 7.11. The van der Waals surface area contributed by atoms with Gasteiger partial charge in [-0.2, -0.15) is 8.42 Å². The SMILES string of the molecule is N[C@@H](C[C@@H](CC(=O)O)OS(=O)(=O)O)C(=O)O. The molecule has 16 heavy (non-hydrogen) atoms. The van der Waals surface area contributed by atoms with E-state index in [9.17, 15) is 18.0 Å². The summed E-state index contributed by atoms with van der Waals surface area (Å²) >= 11 is 0. The van der Waals surface area contributed by atoms with E-state index in [-0.39, 0.29) is 0 Å². The van der Waals surface area contributed by atoms with Gasteiger partial charge in [0.25, 0.3) is 0 Å². The molecule has 2 atom stereocenters. The van der Waals surface area contributed by atoms with Crippen LogP contribution < -0.4 is 5.73 Å². The van der Waals surface area contributed by atoms with Crippen molar-refractivity contribution in [1.29, 1.82) is 0 Å². The Hall–Kier alpha value is -1.23. The maximum Gasteiger partial charge on any atom is 0.397 e. The summed E-state index contributed by atoms with van der Waals surface area (Å²) in [4.78, 5) is 20.6. The lowest BCUT2D eigenvalue weighted by Gasteiger charge is -2.15. The summed E-state index contributed by atoms with van der Waals surface area (Å²) in [5.41, 5.74) is 5.06. The van der Waals surface area contributed by atoms with Crippen LogP contribution in [-0.4, -0.2) is 47.3 Å². The van der Waals surface area contributed by atoms with E-state index in [1.54, 1.807) is 0 Å². The Labute approximate surface area is 90.8 Å². The van der Waals surface area contributed by atoms with Gasteiger partial charge in [-0.15, -0.1) is 0 Å². The van der Waals surface area contributed by atoms with E-state index in [4.69, 9.17) is 20.5 Å². The first-order chi connectivity index (χ1) is 7.11. The molecule has 0 aliphatic heterocycles. The van der Waals surface area contributed by atoms with Crippen molar-refractivity contribution in [2.24, 2.45) is 5.73 Å². The Kier molecular flexibility index (Phi) is 5.30. The number of hydrogen-bond donors (Lipinski definition) is 4. The molecule has 0 aliphatic rings. The predicted molar refractivity (Wildman–Crippen MR) is 48.9 cm³/mol. The standard InChI is InChI=1S/C6H11NO8S/c7-4(6(10)11)1-3(2-5(8)9)15-16(12,13)14/h3-4H,1-2,7H2,(H,8,9)(H,10,11)(H,12,13,14)/t3-,4-/m0/s1. The fraction of sp³-hybridized carbons (Fsp3) is 0.667. The number of aliphatic carboxylic acids is 2. The first-order valence-corrected chi connectivity index (χ1v) is 5.34. The Morgan fingerprint density at radius 1 is 1.31 bits per heavy atom. The normalized spacial score (nSPS) is 15.4. The molecule has 5 N–H and O–H groups in total. The number of carboxylic acids is 2. The Morgan fingerprint density at radius 2 is 1.81 bits per heavy atom. The van der Waals surface area contributed by atoms with E-state index in [0.29, 0.717) is 0 Å². The van der Waals surface area contributed by atoms with Crippen molar-refractivity contribution in [2.45, 2.75) is 25.0 Å². The van der Waals surface area contributed by atoms with Gasteiger partial charge in [-0.05, 0) is 0 Å². The molecule has 0 amide bonds. The molecular weight excluding hydrogens is 246 g/mol. The maximum absolute atomic E-state index is 10.3. The quantitative estimate of drug-likeness (QED) is 0.395. The van der Waals surface area contributed by atoms with Crippen LogP contribution in [0.1, 0.15) is 12.8 Å². The van der Waals surface area contributed by atoms with Crippen LogP contribution in [0.4, 0.5) is 0 Å². The van der Waals surface area contributed by atoms with Crippen molar-refractivity contribution in [2.75, 3.05) is 0 Å². The molecule has 0 aromatic heterocycles. The lowest BCUT2D eigenvalue weighted by molar-refractivity contribution is -0.142. The Bertz CT molecular complexity index is 363. The first-order valence-electron chi connectivity index (χ1n) is 3.97. The van der Waals surface area contributed by atoms with Gasteiger partial charge in [0.15, 0.2) is 0 Å². The molecule has 0 fully saturated rings. The molecule has 0 aromatic carbocycles. The summed E-state index contributed by atoms with van der Waals surface area (Å²) in [5.74, 6) is -2.85. The molecule has 0 bridgehead atoms. The average molecular weight is 257 g/mol. The highest BCUT2D eigenvalue weighted by molar-refractivity contribution is 7.80.